The van der Waals surface area contributed by atoms with Gasteiger partial charge in [0.1, 0.15) is 12.0 Å². The van der Waals surface area contributed by atoms with Crippen molar-refractivity contribution in [2.24, 2.45) is 0 Å². The van der Waals surface area contributed by atoms with E-state index in [-0.39, 0.29) is 10.9 Å². The highest BCUT2D eigenvalue weighted by atomic mass is 32.2. The van der Waals surface area contributed by atoms with Gasteiger partial charge in [-0.15, -0.1) is 0 Å². The molecule has 1 aliphatic carbocycles. The third-order valence-electron chi connectivity index (χ3n) is 2.98. The Labute approximate surface area is 111 Å². The van der Waals surface area contributed by atoms with Crippen molar-refractivity contribution in [2.45, 2.75) is 30.7 Å². The fourth-order valence-electron chi connectivity index (χ4n) is 1.79. The molecule has 0 atom stereocenters. The summed E-state index contributed by atoms with van der Waals surface area (Å²) < 4.78 is 31.8. The molecule has 1 N–H and O–H groups in total. The molecule has 3 rings (SSSR count). The number of hydrogen-bond donors (Lipinski definition) is 1. The summed E-state index contributed by atoms with van der Waals surface area (Å²) in [6, 6.07) is 6.76. The molecule has 1 fully saturated rings. The summed E-state index contributed by atoms with van der Waals surface area (Å²) in [5.74, 6) is 0.585. The predicted molar refractivity (Wildman–Crippen MR) is 70.0 cm³/mol. The van der Waals surface area contributed by atoms with Crippen LogP contribution in [0.5, 0.6) is 0 Å². The van der Waals surface area contributed by atoms with Crippen LogP contribution >= 0.6 is 0 Å². The largest absolute Gasteiger partial charge is 0.449 e. The van der Waals surface area contributed by atoms with Crippen LogP contribution in [0, 0.1) is 6.92 Å². The summed E-state index contributed by atoms with van der Waals surface area (Å²) in [6.07, 6.45) is 3.41. The van der Waals surface area contributed by atoms with Crippen LogP contribution in [-0.2, 0) is 10.0 Å². The zero-order chi connectivity index (χ0) is 13.5. The molecule has 100 valence electrons. The van der Waals surface area contributed by atoms with E-state index in [1.807, 2.05) is 0 Å². The number of oxazole rings is 1. The van der Waals surface area contributed by atoms with E-state index in [4.69, 9.17) is 4.42 Å². The topological polar surface area (TPSA) is 72.2 Å². The van der Waals surface area contributed by atoms with Crippen molar-refractivity contribution in [3.63, 3.8) is 0 Å². The van der Waals surface area contributed by atoms with Gasteiger partial charge in [0.2, 0.25) is 10.0 Å². The number of nitrogens with one attached hydrogen (secondary N) is 1. The number of nitrogens with zero attached hydrogens (tertiary/aromatic N) is 1. The molecule has 1 aromatic heterocycles. The first-order chi connectivity index (χ1) is 9.04. The third kappa shape index (κ3) is 2.69. The van der Waals surface area contributed by atoms with E-state index in [1.54, 1.807) is 37.5 Å². The Morgan fingerprint density at radius 1 is 1.26 bits per heavy atom. The lowest BCUT2D eigenvalue weighted by molar-refractivity contribution is 0.521. The Morgan fingerprint density at radius 2 is 1.95 bits per heavy atom. The van der Waals surface area contributed by atoms with Crippen LogP contribution in [0.4, 0.5) is 0 Å². The molecule has 1 heterocycles. The fourth-order valence-corrected chi connectivity index (χ4v) is 3.09. The first-order valence-electron chi connectivity index (χ1n) is 6.09. The molecule has 0 unspecified atom stereocenters. The summed E-state index contributed by atoms with van der Waals surface area (Å²) >= 11 is 0. The highest BCUT2D eigenvalue weighted by molar-refractivity contribution is 7.89. The van der Waals surface area contributed by atoms with Crippen LogP contribution < -0.4 is 4.72 Å². The number of aryl methyl sites for hydroxylation is 1. The molecule has 1 aliphatic rings. The van der Waals surface area contributed by atoms with Gasteiger partial charge in [0, 0.05) is 18.5 Å². The maximum atomic E-state index is 12.0. The molecule has 0 radical (unpaired) electrons. The standard InChI is InChI=1S/C13H14N2O3S/c1-9-14-13(8-18-9)10-2-6-12(7-3-10)19(16,17)15-11-4-5-11/h2-3,6-8,11,15H,4-5H2,1H3. The van der Waals surface area contributed by atoms with Crippen molar-refractivity contribution < 1.29 is 12.8 Å². The van der Waals surface area contributed by atoms with E-state index in [2.05, 4.69) is 9.71 Å². The molecule has 19 heavy (non-hydrogen) atoms. The van der Waals surface area contributed by atoms with Crippen LogP contribution in [0.15, 0.2) is 39.8 Å². The number of rotatable bonds is 4. The number of sulfonamides is 1. The van der Waals surface area contributed by atoms with Gasteiger partial charge in [-0.05, 0) is 25.0 Å². The molecule has 0 saturated heterocycles. The molecular formula is C13H14N2O3S. The summed E-state index contributed by atoms with van der Waals surface area (Å²) in [7, 11) is -3.38. The Bertz CT molecular complexity index is 685. The maximum absolute atomic E-state index is 12.0. The van der Waals surface area contributed by atoms with Gasteiger partial charge in [-0.25, -0.2) is 18.1 Å². The summed E-state index contributed by atoms with van der Waals surface area (Å²) in [6.45, 7) is 1.77. The van der Waals surface area contributed by atoms with Crippen LogP contribution in [0.3, 0.4) is 0 Å². The maximum Gasteiger partial charge on any atom is 0.240 e. The average molecular weight is 278 g/mol. The Morgan fingerprint density at radius 3 is 2.47 bits per heavy atom. The highest BCUT2D eigenvalue weighted by Crippen LogP contribution is 2.24. The SMILES string of the molecule is Cc1nc(-c2ccc(S(=O)(=O)NC3CC3)cc2)co1. The normalized spacial score (nSPS) is 15.6. The van der Waals surface area contributed by atoms with E-state index in [9.17, 15) is 8.42 Å². The van der Waals surface area contributed by atoms with E-state index in [1.165, 1.54) is 0 Å². The van der Waals surface area contributed by atoms with Gasteiger partial charge < -0.3 is 4.42 Å². The van der Waals surface area contributed by atoms with Crippen LogP contribution in [0.25, 0.3) is 11.3 Å². The number of benzene rings is 1. The average Bonchev–Trinajstić information content (AvgIpc) is 3.07. The van der Waals surface area contributed by atoms with E-state index >= 15 is 0 Å². The minimum Gasteiger partial charge on any atom is -0.449 e. The van der Waals surface area contributed by atoms with Gasteiger partial charge in [-0.3, -0.25) is 0 Å². The van der Waals surface area contributed by atoms with Crippen LogP contribution in [0.2, 0.25) is 0 Å². The summed E-state index contributed by atoms with van der Waals surface area (Å²) in [4.78, 5) is 4.48. The second-order valence-electron chi connectivity index (χ2n) is 4.67. The third-order valence-corrected chi connectivity index (χ3v) is 4.51. The van der Waals surface area contributed by atoms with Crippen LogP contribution in [-0.4, -0.2) is 19.4 Å². The molecule has 0 spiro atoms. The minimum absolute atomic E-state index is 0.114. The Balaban J connectivity index is 1.86. The molecular weight excluding hydrogens is 264 g/mol. The van der Waals surface area contributed by atoms with Crippen molar-refractivity contribution in [3.05, 3.63) is 36.4 Å². The van der Waals surface area contributed by atoms with Crippen LogP contribution in [0.1, 0.15) is 18.7 Å². The highest BCUT2D eigenvalue weighted by Gasteiger charge is 2.27. The lowest BCUT2D eigenvalue weighted by atomic mass is 10.2. The van der Waals surface area contributed by atoms with Crippen molar-refractivity contribution in [2.75, 3.05) is 0 Å². The van der Waals surface area contributed by atoms with Gasteiger partial charge in [0.05, 0.1) is 4.90 Å². The Kier molecular flexibility index (Phi) is 2.91. The van der Waals surface area contributed by atoms with Crippen molar-refractivity contribution in [1.82, 2.24) is 9.71 Å². The van der Waals surface area contributed by atoms with Crippen molar-refractivity contribution in [3.8, 4) is 11.3 Å². The second-order valence-corrected chi connectivity index (χ2v) is 6.39. The zero-order valence-corrected chi connectivity index (χ0v) is 11.3. The first kappa shape index (κ1) is 12.4. The molecule has 0 amide bonds. The quantitative estimate of drug-likeness (QED) is 0.929. The molecule has 6 heteroatoms. The van der Waals surface area contributed by atoms with Crippen molar-refractivity contribution >= 4 is 10.0 Å². The van der Waals surface area contributed by atoms with E-state index in [0.29, 0.717) is 11.6 Å². The van der Waals surface area contributed by atoms with Gasteiger partial charge in [0.15, 0.2) is 5.89 Å². The molecule has 1 aromatic carbocycles. The smallest absolute Gasteiger partial charge is 0.240 e. The monoisotopic (exact) mass is 278 g/mol. The lowest BCUT2D eigenvalue weighted by Gasteiger charge is -2.05. The van der Waals surface area contributed by atoms with Gasteiger partial charge in [-0.1, -0.05) is 12.1 Å². The minimum atomic E-state index is -3.38. The fraction of sp³-hybridized carbons (Fsp3) is 0.308. The second kappa shape index (κ2) is 4.47. The van der Waals surface area contributed by atoms with Gasteiger partial charge >= 0.3 is 0 Å². The molecule has 2 aromatic rings. The Hall–Kier alpha value is -1.66. The number of aromatic nitrogens is 1. The van der Waals surface area contributed by atoms with E-state index < -0.39 is 10.0 Å². The van der Waals surface area contributed by atoms with Crippen molar-refractivity contribution in [1.29, 1.82) is 0 Å². The van der Waals surface area contributed by atoms with E-state index in [0.717, 1.165) is 18.4 Å². The summed E-state index contributed by atoms with van der Waals surface area (Å²) in [5.41, 5.74) is 1.54. The first-order valence-corrected chi connectivity index (χ1v) is 7.58. The molecule has 5 nitrogen and oxygen atoms in total. The number of hydrogen-bond acceptors (Lipinski definition) is 4. The van der Waals surface area contributed by atoms with Gasteiger partial charge in [0.25, 0.3) is 0 Å². The zero-order valence-electron chi connectivity index (χ0n) is 10.5. The summed E-state index contributed by atoms with van der Waals surface area (Å²) in [5, 5.41) is 0. The molecule has 0 aliphatic heterocycles. The predicted octanol–water partition coefficient (Wildman–Crippen LogP) is 2.09. The lowest BCUT2D eigenvalue weighted by Crippen LogP contribution is -2.25. The van der Waals surface area contributed by atoms with Gasteiger partial charge in [-0.2, -0.15) is 0 Å². The molecule has 0 bridgehead atoms. The molecule has 1 saturated carbocycles.